The number of hydrogen-bond acceptors (Lipinski definition) is 5. The van der Waals surface area contributed by atoms with Crippen molar-refractivity contribution in [2.75, 3.05) is 20.8 Å². The number of amides is 1. The van der Waals surface area contributed by atoms with Gasteiger partial charge in [-0.15, -0.1) is 10.2 Å². The summed E-state index contributed by atoms with van der Waals surface area (Å²) in [7, 11) is 3.69. The molecule has 0 bridgehead atoms. The standard InChI is InChI=1S/C15H16N6O/c1-20(2)9-16-13-12-14(19-18-13)17-10-21(15(12)22)8-11-6-4-3-5-7-11/h3-7,9H,8,10H2,1-2H3. The first-order valence-electron chi connectivity index (χ1n) is 6.90. The minimum Gasteiger partial charge on any atom is -0.369 e. The van der Waals surface area contributed by atoms with Crippen molar-refractivity contribution in [1.29, 1.82) is 0 Å². The number of rotatable bonds is 4. The van der Waals surface area contributed by atoms with Crippen molar-refractivity contribution in [2.45, 2.75) is 6.54 Å². The Bertz CT molecular complexity index is 702. The fourth-order valence-corrected chi connectivity index (χ4v) is 2.16. The number of aliphatic imine (C=N–C) groups is 2. The van der Waals surface area contributed by atoms with Crippen molar-refractivity contribution >= 4 is 18.1 Å². The van der Waals surface area contributed by atoms with E-state index in [0.717, 1.165) is 5.56 Å². The molecule has 0 radical (unpaired) electrons. The number of nitrogens with zero attached hydrogens (tertiary/aromatic N) is 6. The smallest absolute Gasteiger partial charge is 0.263 e. The maximum Gasteiger partial charge on any atom is 0.263 e. The Kier molecular flexibility index (Phi) is 3.78. The van der Waals surface area contributed by atoms with Gasteiger partial charge in [-0.1, -0.05) is 30.3 Å². The lowest BCUT2D eigenvalue weighted by molar-refractivity contribution is -0.127. The molecule has 0 saturated carbocycles. The van der Waals surface area contributed by atoms with Crippen molar-refractivity contribution in [2.24, 2.45) is 20.2 Å². The van der Waals surface area contributed by atoms with Crippen molar-refractivity contribution in [1.82, 2.24) is 9.80 Å². The van der Waals surface area contributed by atoms with Gasteiger partial charge in [0.25, 0.3) is 5.91 Å². The molecule has 2 aliphatic rings. The van der Waals surface area contributed by atoms with Gasteiger partial charge in [0, 0.05) is 20.6 Å². The van der Waals surface area contributed by atoms with Gasteiger partial charge in [0.15, 0.2) is 11.7 Å². The second-order valence-corrected chi connectivity index (χ2v) is 5.22. The Morgan fingerprint density at radius 2 is 2.05 bits per heavy atom. The Labute approximate surface area is 128 Å². The average molecular weight is 296 g/mol. The molecule has 7 heteroatoms. The maximum absolute atomic E-state index is 12.6. The van der Waals surface area contributed by atoms with Crippen LogP contribution < -0.4 is 0 Å². The molecule has 0 spiro atoms. The number of carbonyl (C=O) groups is 1. The predicted octanol–water partition coefficient (Wildman–Crippen LogP) is 1.65. The van der Waals surface area contributed by atoms with Gasteiger partial charge in [-0.3, -0.25) is 4.79 Å². The number of azo groups is 1. The zero-order valence-electron chi connectivity index (χ0n) is 12.5. The van der Waals surface area contributed by atoms with Crippen LogP contribution >= 0.6 is 0 Å². The van der Waals surface area contributed by atoms with Crippen LogP contribution in [0.2, 0.25) is 0 Å². The van der Waals surface area contributed by atoms with Gasteiger partial charge >= 0.3 is 0 Å². The zero-order chi connectivity index (χ0) is 15.5. The van der Waals surface area contributed by atoms with Crippen molar-refractivity contribution in [3.63, 3.8) is 0 Å². The molecule has 0 fully saturated rings. The van der Waals surface area contributed by atoms with Gasteiger partial charge in [-0.2, -0.15) is 0 Å². The van der Waals surface area contributed by atoms with Crippen LogP contribution in [-0.2, 0) is 11.3 Å². The monoisotopic (exact) mass is 296 g/mol. The highest BCUT2D eigenvalue weighted by Crippen LogP contribution is 2.25. The van der Waals surface area contributed by atoms with Crippen molar-refractivity contribution < 1.29 is 4.79 Å². The largest absolute Gasteiger partial charge is 0.369 e. The molecule has 1 aromatic carbocycles. The summed E-state index contributed by atoms with van der Waals surface area (Å²) >= 11 is 0. The summed E-state index contributed by atoms with van der Waals surface area (Å²) in [5, 5.41) is 7.88. The normalized spacial score (nSPS) is 17.3. The van der Waals surface area contributed by atoms with Gasteiger partial charge in [0.1, 0.15) is 12.2 Å². The van der Waals surface area contributed by atoms with Crippen LogP contribution in [0.3, 0.4) is 0 Å². The van der Waals surface area contributed by atoms with E-state index in [9.17, 15) is 4.79 Å². The Balaban J connectivity index is 1.85. The molecule has 0 aliphatic carbocycles. The van der Waals surface area contributed by atoms with Crippen LogP contribution in [0.25, 0.3) is 0 Å². The molecular formula is C15H16N6O. The summed E-state index contributed by atoms with van der Waals surface area (Å²) in [6.45, 7) is 0.793. The van der Waals surface area contributed by atoms with E-state index in [1.54, 1.807) is 16.1 Å². The highest BCUT2D eigenvalue weighted by molar-refractivity contribution is 6.23. The molecule has 3 rings (SSSR count). The summed E-state index contributed by atoms with van der Waals surface area (Å²) < 4.78 is 0. The van der Waals surface area contributed by atoms with Crippen LogP contribution in [0.1, 0.15) is 5.56 Å². The fraction of sp³-hybridized carbons (Fsp3) is 0.267. The quantitative estimate of drug-likeness (QED) is 0.626. The second-order valence-electron chi connectivity index (χ2n) is 5.22. The molecule has 0 aromatic heterocycles. The number of carbonyl (C=O) groups excluding carboxylic acids is 1. The third-order valence-corrected chi connectivity index (χ3v) is 3.21. The molecule has 0 atom stereocenters. The zero-order valence-corrected chi connectivity index (χ0v) is 12.5. The van der Waals surface area contributed by atoms with Gasteiger partial charge in [-0.05, 0) is 5.56 Å². The van der Waals surface area contributed by atoms with Gasteiger partial charge in [-0.25, -0.2) is 9.98 Å². The summed E-state index contributed by atoms with van der Waals surface area (Å²) in [5.41, 5.74) is 1.43. The first-order chi connectivity index (χ1) is 10.6. The maximum atomic E-state index is 12.6. The highest BCUT2D eigenvalue weighted by Gasteiger charge is 2.33. The molecule has 22 heavy (non-hydrogen) atoms. The molecule has 7 nitrogen and oxygen atoms in total. The van der Waals surface area contributed by atoms with Gasteiger partial charge < -0.3 is 9.80 Å². The van der Waals surface area contributed by atoms with E-state index in [-0.39, 0.29) is 12.6 Å². The summed E-state index contributed by atoms with van der Waals surface area (Å²) in [4.78, 5) is 24.6. The molecule has 0 saturated heterocycles. The third kappa shape index (κ3) is 2.78. The molecular weight excluding hydrogens is 280 g/mol. The predicted molar refractivity (Wildman–Crippen MR) is 83.4 cm³/mol. The lowest BCUT2D eigenvalue weighted by Gasteiger charge is -2.24. The van der Waals surface area contributed by atoms with Crippen LogP contribution in [0.5, 0.6) is 0 Å². The Hall–Kier alpha value is -2.83. The number of hydrogen-bond donors (Lipinski definition) is 0. The topological polar surface area (TPSA) is 73.0 Å². The Morgan fingerprint density at radius 1 is 1.27 bits per heavy atom. The van der Waals surface area contributed by atoms with Crippen LogP contribution in [0, 0.1) is 0 Å². The molecule has 1 amide bonds. The average Bonchev–Trinajstić information content (AvgIpc) is 2.93. The van der Waals surface area contributed by atoms with Gasteiger partial charge in [0.2, 0.25) is 0 Å². The van der Waals surface area contributed by atoms with Crippen LogP contribution in [-0.4, -0.2) is 48.6 Å². The number of amidine groups is 1. The number of fused-ring (bicyclic) bond motifs is 1. The van der Waals surface area contributed by atoms with E-state index in [4.69, 9.17) is 0 Å². The SMILES string of the molecule is CN(C)C=NC1=C2C(=O)N(Cc3ccccc3)CN=C2N=N1. The minimum absolute atomic E-state index is 0.134. The van der Waals surface area contributed by atoms with E-state index in [0.29, 0.717) is 23.8 Å². The first kappa shape index (κ1) is 14.1. The molecule has 0 unspecified atom stereocenters. The molecule has 2 aliphatic heterocycles. The summed E-state index contributed by atoms with van der Waals surface area (Å²) in [6.07, 6.45) is 1.59. The fourth-order valence-electron chi connectivity index (χ4n) is 2.16. The van der Waals surface area contributed by atoms with E-state index in [2.05, 4.69) is 20.2 Å². The summed E-state index contributed by atoms with van der Waals surface area (Å²) in [5.74, 6) is 0.556. The molecule has 2 heterocycles. The highest BCUT2D eigenvalue weighted by atomic mass is 16.2. The lowest BCUT2D eigenvalue weighted by Crippen LogP contribution is -2.37. The van der Waals surface area contributed by atoms with E-state index >= 15 is 0 Å². The van der Waals surface area contributed by atoms with E-state index in [1.807, 2.05) is 44.4 Å². The van der Waals surface area contributed by atoms with Gasteiger partial charge in [0.05, 0.1) is 6.34 Å². The van der Waals surface area contributed by atoms with Crippen molar-refractivity contribution in [3.8, 4) is 0 Å². The number of benzene rings is 1. The van der Waals surface area contributed by atoms with Crippen molar-refractivity contribution in [3.05, 3.63) is 47.3 Å². The lowest BCUT2D eigenvalue weighted by atomic mass is 10.1. The van der Waals surface area contributed by atoms with Crippen LogP contribution in [0.4, 0.5) is 0 Å². The molecule has 1 aromatic rings. The second kappa shape index (κ2) is 5.88. The first-order valence-corrected chi connectivity index (χ1v) is 6.90. The van der Waals surface area contributed by atoms with E-state index in [1.165, 1.54) is 0 Å². The molecule has 112 valence electrons. The van der Waals surface area contributed by atoms with E-state index < -0.39 is 0 Å². The minimum atomic E-state index is -0.134. The summed E-state index contributed by atoms with van der Waals surface area (Å²) in [6, 6.07) is 9.81. The molecule has 0 N–H and O–H groups in total. The van der Waals surface area contributed by atoms with Crippen LogP contribution in [0.15, 0.2) is 61.9 Å². The Morgan fingerprint density at radius 3 is 2.77 bits per heavy atom. The third-order valence-electron chi connectivity index (χ3n) is 3.21.